The molecule has 1 saturated heterocycles. The molecule has 0 saturated carbocycles. The molecule has 1 fully saturated rings. The molecule has 2 rings (SSSR count). The van der Waals surface area contributed by atoms with Gasteiger partial charge < -0.3 is 9.47 Å². The SMILES string of the molecule is CCc1ccc(S(=O)(=O)N[C@@H]2CCOC[C@H]2OC)s1. The lowest BCUT2D eigenvalue weighted by Crippen LogP contribution is -2.49. The molecule has 0 aromatic carbocycles. The zero-order chi connectivity index (χ0) is 13.9. The van der Waals surface area contributed by atoms with Gasteiger partial charge in [-0.15, -0.1) is 11.3 Å². The first-order valence-corrected chi connectivity index (χ1v) is 8.58. The summed E-state index contributed by atoms with van der Waals surface area (Å²) in [5.41, 5.74) is 0. The second-order valence-corrected chi connectivity index (χ2v) is 7.55. The van der Waals surface area contributed by atoms with Gasteiger partial charge >= 0.3 is 0 Å². The van der Waals surface area contributed by atoms with Crippen LogP contribution in [0.25, 0.3) is 0 Å². The molecular weight excluding hydrogens is 286 g/mol. The van der Waals surface area contributed by atoms with Crippen LogP contribution in [0.5, 0.6) is 0 Å². The molecule has 0 unspecified atom stereocenters. The largest absolute Gasteiger partial charge is 0.379 e. The van der Waals surface area contributed by atoms with Crippen LogP contribution in [0, 0.1) is 0 Å². The topological polar surface area (TPSA) is 64.6 Å². The molecule has 108 valence electrons. The van der Waals surface area contributed by atoms with Crippen molar-refractivity contribution in [3.8, 4) is 0 Å². The molecule has 1 N–H and O–H groups in total. The van der Waals surface area contributed by atoms with Gasteiger partial charge in [0.25, 0.3) is 0 Å². The average molecular weight is 305 g/mol. The summed E-state index contributed by atoms with van der Waals surface area (Å²) in [5.74, 6) is 0. The number of rotatable bonds is 5. The number of methoxy groups -OCH3 is 1. The normalized spacial score (nSPS) is 24.5. The van der Waals surface area contributed by atoms with Gasteiger partial charge in [0, 0.05) is 18.6 Å². The van der Waals surface area contributed by atoms with E-state index in [-0.39, 0.29) is 12.1 Å². The van der Waals surface area contributed by atoms with E-state index in [0.717, 1.165) is 11.3 Å². The molecule has 2 atom stereocenters. The molecule has 1 aliphatic heterocycles. The minimum atomic E-state index is -3.46. The molecule has 0 bridgehead atoms. The Morgan fingerprint density at radius 1 is 1.53 bits per heavy atom. The quantitative estimate of drug-likeness (QED) is 0.893. The number of ether oxygens (including phenoxy) is 2. The van der Waals surface area contributed by atoms with Gasteiger partial charge in [0.15, 0.2) is 0 Å². The van der Waals surface area contributed by atoms with Crippen LogP contribution in [0.1, 0.15) is 18.2 Å². The number of hydrogen-bond acceptors (Lipinski definition) is 5. The van der Waals surface area contributed by atoms with Gasteiger partial charge in [-0.05, 0) is 25.0 Å². The molecular formula is C12H19NO4S2. The average Bonchev–Trinajstić information content (AvgIpc) is 2.88. The lowest BCUT2D eigenvalue weighted by Gasteiger charge is -2.30. The summed E-state index contributed by atoms with van der Waals surface area (Å²) in [6, 6.07) is 3.29. The van der Waals surface area contributed by atoms with Gasteiger partial charge in [-0.2, -0.15) is 0 Å². The molecule has 5 nitrogen and oxygen atoms in total. The summed E-state index contributed by atoms with van der Waals surface area (Å²) in [7, 11) is -1.89. The third kappa shape index (κ3) is 3.55. The lowest BCUT2D eigenvalue weighted by molar-refractivity contribution is -0.0448. The maximum Gasteiger partial charge on any atom is 0.250 e. The summed E-state index contributed by atoms with van der Waals surface area (Å²) in [5, 5.41) is 0. The summed E-state index contributed by atoms with van der Waals surface area (Å²) in [4.78, 5) is 1.07. The maximum atomic E-state index is 12.3. The predicted molar refractivity (Wildman–Crippen MR) is 74.0 cm³/mol. The van der Waals surface area contributed by atoms with Crippen molar-refractivity contribution in [3.05, 3.63) is 17.0 Å². The van der Waals surface area contributed by atoms with E-state index in [0.29, 0.717) is 23.8 Å². The van der Waals surface area contributed by atoms with Crippen molar-refractivity contribution in [3.63, 3.8) is 0 Å². The number of aryl methyl sites for hydroxylation is 1. The van der Waals surface area contributed by atoms with Gasteiger partial charge in [-0.1, -0.05) is 6.92 Å². The Morgan fingerprint density at radius 2 is 2.32 bits per heavy atom. The minimum Gasteiger partial charge on any atom is -0.379 e. The molecule has 1 aromatic rings. The Hall–Kier alpha value is -0.470. The Balaban J connectivity index is 2.11. The zero-order valence-corrected chi connectivity index (χ0v) is 12.7. The van der Waals surface area contributed by atoms with E-state index in [1.54, 1.807) is 13.2 Å². The molecule has 7 heteroatoms. The molecule has 1 aliphatic rings. The van der Waals surface area contributed by atoms with Gasteiger partial charge in [-0.25, -0.2) is 13.1 Å². The third-order valence-corrected chi connectivity index (χ3v) is 6.37. The van der Waals surface area contributed by atoms with E-state index in [4.69, 9.17) is 9.47 Å². The van der Waals surface area contributed by atoms with E-state index < -0.39 is 10.0 Å². The van der Waals surface area contributed by atoms with Crippen LogP contribution in [-0.4, -0.2) is 40.9 Å². The van der Waals surface area contributed by atoms with E-state index in [9.17, 15) is 8.42 Å². The minimum absolute atomic E-state index is 0.226. The predicted octanol–water partition coefficient (Wildman–Crippen LogP) is 1.39. The fraction of sp³-hybridized carbons (Fsp3) is 0.667. The van der Waals surface area contributed by atoms with Crippen molar-refractivity contribution in [2.75, 3.05) is 20.3 Å². The smallest absolute Gasteiger partial charge is 0.250 e. The van der Waals surface area contributed by atoms with Gasteiger partial charge in [0.05, 0.1) is 18.8 Å². The van der Waals surface area contributed by atoms with Crippen molar-refractivity contribution in [1.82, 2.24) is 4.72 Å². The summed E-state index contributed by atoms with van der Waals surface area (Å²) in [6.45, 7) is 2.99. The highest BCUT2D eigenvalue weighted by atomic mass is 32.2. The van der Waals surface area contributed by atoms with E-state index in [1.165, 1.54) is 11.3 Å². The van der Waals surface area contributed by atoms with Crippen molar-refractivity contribution < 1.29 is 17.9 Å². The fourth-order valence-corrected chi connectivity index (χ4v) is 4.64. The Kier molecular flexibility index (Phi) is 4.97. The maximum absolute atomic E-state index is 12.3. The first-order chi connectivity index (χ1) is 9.06. The lowest BCUT2D eigenvalue weighted by atomic mass is 10.1. The van der Waals surface area contributed by atoms with Gasteiger partial charge in [0.1, 0.15) is 4.21 Å². The number of sulfonamides is 1. The molecule has 2 heterocycles. The zero-order valence-electron chi connectivity index (χ0n) is 11.1. The number of hydrogen-bond donors (Lipinski definition) is 1. The first kappa shape index (κ1) is 14.9. The summed E-state index contributed by atoms with van der Waals surface area (Å²) >= 11 is 1.31. The Labute approximate surface area is 118 Å². The van der Waals surface area contributed by atoms with E-state index in [1.807, 2.05) is 13.0 Å². The van der Waals surface area contributed by atoms with E-state index in [2.05, 4.69) is 4.72 Å². The second kappa shape index (κ2) is 6.32. The van der Waals surface area contributed by atoms with Crippen LogP contribution in [0.3, 0.4) is 0 Å². The van der Waals surface area contributed by atoms with Crippen LogP contribution in [0.15, 0.2) is 16.3 Å². The highest BCUT2D eigenvalue weighted by molar-refractivity contribution is 7.91. The van der Waals surface area contributed by atoms with Crippen LogP contribution in [0.4, 0.5) is 0 Å². The number of thiophene rings is 1. The summed E-state index contributed by atoms with van der Waals surface area (Å²) < 4.78 is 38.2. The highest BCUT2D eigenvalue weighted by Crippen LogP contribution is 2.23. The fourth-order valence-electron chi connectivity index (χ4n) is 2.03. The Morgan fingerprint density at radius 3 is 2.95 bits per heavy atom. The van der Waals surface area contributed by atoms with Crippen LogP contribution < -0.4 is 4.72 Å². The Bertz CT molecular complexity index is 512. The van der Waals surface area contributed by atoms with Crippen molar-refractivity contribution in [2.45, 2.75) is 36.1 Å². The molecule has 0 radical (unpaired) electrons. The van der Waals surface area contributed by atoms with E-state index >= 15 is 0 Å². The molecule has 0 amide bonds. The monoisotopic (exact) mass is 305 g/mol. The first-order valence-electron chi connectivity index (χ1n) is 6.28. The second-order valence-electron chi connectivity index (χ2n) is 4.44. The highest BCUT2D eigenvalue weighted by Gasteiger charge is 2.30. The van der Waals surface area contributed by atoms with Crippen molar-refractivity contribution in [2.24, 2.45) is 0 Å². The standard InChI is InChI=1S/C12H19NO4S2/c1-3-9-4-5-12(18-9)19(14,15)13-10-6-7-17-8-11(10)16-2/h4-5,10-11,13H,3,6-8H2,1-2H3/t10-,11-/m1/s1. The van der Waals surface area contributed by atoms with Crippen LogP contribution in [0.2, 0.25) is 0 Å². The van der Waals surface area contributed by atoms with Crippen LogP contribution >= 0.6 is 11.3 Å². The third-order valence-electron chi connectivity index (χ3n) is 3.16. The molecule has 1 aromatic heterocycles. The van der Waals surface area contributed by atoms with Gasteiger partial charge in [-0.3, -0.25) is 0 Å². The van der Waals surface area contributed by atoms with Crippen molar-refractivity contribution >= 4 is 21.4 Å². The van der Waals surface area contributed by atoms with Crippen LogP contribution in [-0.2, 0) is 25.9 Å². The van der Waals surface area contributed by atoms with Gasteiger partial charge in [0.2, 0.25) is 10.0 Å². The summed E-state index contributed by atoms with van der Waals surface area (Å²) in [6.07, 6.45) is 1.25. The van der Waals surface area contributed by atoms with Crippen molar-refractivity contribution in [1.29, 1.82) is 0 Å². The number of nitrogens with one attached hydrogen (secondary N) is 1. The molecule has 0 spiro atoms. The molecule has 0 aliphatic carbocycles. The molecule has 19 heavy (non-hydrogen) atoms.